The molecule has 0 spiro atoms. The van der Waals surface area contributed by atoms with Crippen molar-refractivity contribution < 1.29 is 13.3 Å². The molecular formula is C11H15BrN2O4S2. The van der Waals surface area contributed by atoms with Crippen LogP contribution in [0.5, 0.6) is 0 Å². The summed E-state index contributed by atoms with van der Waals surface area (Å²) >= 11 is 4.75. The van der Waals surface area contributed by atoms with Crippen LogP contribution in [0.3, 0.4) is 0 Å². The van der Waals surface area contributed by atoms with Gasteiger partial charge in [-0.15, -0.1) is 0 Å². The maximum absolute atomic E-state index is 12.1. The van der Waals surface area contributed by atoms with E-state index < -0.39 is 20.6 Å². The van der Waals surface area contributed by atoms with Gasteiger partial charge in [0.05, 0.1) is 4.92 Å². The molecule has 1 N–H and O–H groups in total. The lowest BCUT2D eigenvalue weighted by molar-refractivity contribution is -0.387. The van der Waals surface area contributed by atoms with Crippen LogP contribution in [0.4, 0.5) is 5.69 Å². The lowest BCUT2D eigenvalue weighted by atomic mass is 10.3. The van der Waals surface area contributed by atoms with E-state index in [1.165, 1.54) is 18.2 Å². The van der Waals surface area contributed by atoms with Crippen LogP contribution in [-0.4, -0.2) is 31.4 Å². The molecule has 0 bridgehead atoms. The van der Waals surface area contributed by atoms with Crippen molar-refractivity contribution in [2.75, 3.05) is 12.8 Å². The first kappa shape index (κ1) is 17.4. The van der Waals surface area contributed by atoms with Gasteiger partial charge in [-0.25, -0.2) is 13.1 Å². The number of nitro groups is 1. The SMILES string of the molecule is CSC(C)CCNS(=O)(=O)c1cc(Br)ccc1[N+](=O)[O-]. The molecule has 20 heavy (non-hydrogen) atoms. The van der Waals surface area contributed by atoms with E-state index in [1.807, 2.05) is 13.2 Å². The molecule has 0 radical (unpaired) electrons. The standard InChI is InChI=1S/C11H15BrN2O4S2/c1-8(19-2)5-6-13-20(17,18)11-7-9(12)3-4-10(11)14(15)16/h3-4,7-8,13H,5-6H2,1-2H3. The third kappa shape index (κ3) is 4.72. The minimum atomic E-state index is -3.89. The highest BCUT2D eigenvalue weighted by atomic mass is 79.9. The van der Waals surface area contributed by atoms with Gasteiger partial charge in [0.2, 0.25) is 10.0 Å². The number of nitrogens with one attached hydrogen (secondary N) is 1. The molecule has 0 aromatic heterocycles. The molecule has 0 fully saturated rings. The minimum absolute atomic E-state index is 0.244. The second-order valence-electron chi connectivity index (χ2n) is 4.10. The Morgan fingerprint density at radius 2 is 2.15 bits per heavy atom. The maximum Gasteiger partial charge on any atom is 0.289 e. The number of rotatable bonds is 7. The summed E-state index contributed by atoms with van der Waals surface area (Å²) in [6.07, 6.45) is 2.60. The van der Waals surface area contributed by atoms with E-state index in [1.54, 1.807) is 11.8 Å². The lowest BCUT2D eigenvalue weighted by Crippen LogP contribution is -2.27. The number of benzene rings is 1. The van der Waals surface area contributed by atoms with Gasteiger partial charge in [0.1, 0.15) is 0 Å². The molecule has 0 saturated carbocycles. The summed E-state index contributed by atoms with van der Waals surface area (Å²) in [5, 5.41) is 11.2. The Morgan fingerprint density at radius 3 is 2.70 bits per heavy atom. The smallest absolute Gasteiger partial charge is 0.258 e. The molecule has 0 aliphatic heterocycles. The molecule has 0 heterocycles. The Hall–Kier alpha value is -0.640. The average molecular weight is 383 g/mol. The van der Waals surface area contributed by atoms with Gasteiger partial charge in [-0.05, 0) is 24.8 Å². The first-order valence-electron chi connectivity index (χ1n) is 5.74. The summed E-state index contributed by atoms with van der Waals surface area (Å²) in [7, 11) is -3.89. The van der Waals surface area contributed by atoms with Crippen LogP contribution in [0.25, 0.3) is 0 Å². The molecule has 112 valence electrons. The number of hydrogen-bond donors (Lipinski definition) is 1. The quantitative estimate of drug-likeness (QED) is 0.578. The van der Waals surface area contributed by atoms with Gasteiger partial charge in [-0.1, -0.05) is 22.9 Å². The third-order valence-electron chi connectivity index (χ3n) is 2.65. The molecule has 1 rings (SSSR count). The Bertz CT molecular complexity index is 592. The summed E-state index contributed by atoms with van der Waals surface area (Å²) in [5.41, 5.74) is -0.432. The Labute approximate surface area is 130 Å². The summed E-state index contributed by atoms with van der Waals surface area (Å²) in [6.45, 7) is 2.23. The van der Waals surface area contributed by atoms with Gasteiger partial charge >= 0.3 is 0 Å². The molecule has 0 amide bonds. The molecule has 0 aliphatic rings. The van der Waals surface area contributed by atoms with E-state index in [2.05, 4.69) is 20.7 Å². The highest BCUT2D eigenvalue weighted by Gasteiger charge is 2.25. The summed E-state index contributed by atoms with van der Waals surface area (Å²) in [5.74, 6) is 0. The van der Waals surface area contributed by atoms with E-state index >= 15 is 0 Å². The second-order valence-corrected chi connectivity index (χ2v) is 8.03. The molecule has 0 saturated heterocycles. The molecular weight excluding hydrogens is 368 g/mol. The van der Waals surface area contributed by atoms with E-state index in [4.69, 9.17) is 0 Å². The minimum Gasteiger partial charge on any atom is -0.258 e. The summed E-state index contributed by atoms with van der Waals surface area (Å²) < 4.78 is 27.1. The third-order valence-corrected chi connectivity index (χ3v) is 5.68. The molecule has 1 aromatic carbocycles. The lowest BCUT2D eigenvalue weighted by Gasteiger charge is -2.10. The van der Waals surface area contributed by atoms with Crippen molar-refractivity contribution in [1.29, 1.82) is 0 Å². The van der Waals surface area contributed by atoms with Crippen LogP contribution in [0.15, 0.2) is 27.6 Å². The highest BCUT2D eigenvalue weighted by molar-refractivity contribution is 9.10. The molecule has 1 aromatic rings. The van der Waals surface area contributed by atoms with Crippen LogP contribution >= 0.6 is 27.7 Å². The van der Waals surface area contributed by atoms with E-state index in [0.29, 0.717) is 16.1 Å². The van der Waals surface area contributed by atoms with Crippen molar-refractivity contribution in [3.8, 4) is 0 Å². The molecule has 1 unspecified atom stereocenters. The summed E-state index contributed by atoms with van der Waals surface area (Å²) in [6, 6.07) is 3.84. The Kier molecular flexibility index (Phi) is 6.44. The van der Waals surface area contributed by atoms with Crippen molar-refractivity contribution in [2.24, 2.45) is 0 Å². The van der Waals surface area contributed by atoms with Crippen LogP contribution < -0.4 is 4.72 Å². The van der Waals surface area contributed by atoms with Crippen LogP contribution in [-0.2, 0) is 10.0 Å². The fourth-order valence-electron chi connectivity index (χ4n) is 1.45. The molecule has 6 nitrogen and oxygen atoms in total. The first-order valence-corrected chi connectivity index (χ1v) is 9.30. The van der Waals surface area contributed by atoms with Gasteiger partial charge in [0.15, 0.2) is 4.90 Å². The van der Waals surface area contributed by atoms with E-state index in [9.17, 15) is 18.5 Å². The average Bonchev–Trinajstić information content (AvgIpc) is 2.37. The van der Waals surface area contributed by atoms with Crippen molar-refractivity contribution in [2.45, 2.75) is 23.5 Å². The summed E-state index contributed by atoms with van der Waals surface area (Å²) in [4.78, 5) is 9.87. The highest BCUT2D eigenvalue weighted by Crippen LogP contribution is 2.27. The fraction of sp³-hybridized carbons (Fsp3) is 0.455. The van der Waals surface area contributed by atoms with Crippen LogP contribution in [0.1, 0.15) is 13.3 Å². The van der Waals surface area contributed by atoms with Crippen molar-refractivity contribution >= 4 is 43.4 Å². The maximum atomic E-state index is 12.1. The number of nitro benzene ring substituents is 1. The number of hydrogen-bond acceptors (Lipinski definition) is 5. The predicted molar refractivity (Wildman–Crippen MR) is 83.6 cm³/mol. The fourth-order valence-corrected chi connectivity index (χ4v) is 3.55. The monoisotopic (exact) mass is 382 g/mol. The second kappa shape index (κ2) is 7.39. The largest absolute Gasteiger partial charge is 0.289 e. The van der Waals surface area contributed by atoms with Crippen molar-refractivity contribution in [1.82, 2.24) is 4.72 Å². The number of sulfonamides is 1. The Morgan fingerprint density at radius 1 is 1.50 bits per heavy atom. The van der Waals surface area contributed by atoms with Gasteiger partial charge in [-0.2, -0.15) is 11.8 Å². The predicted octanol–water partition coefficient (Wildman–Crippen LogP) is 2.78. The zero-order valence-electron chi connectivity index (χ0n) is 11.0. The van der Waals surface area contributed by atoms with Gasteiger partial charge in [0, 0.05) is 22.3 Å². The van der Waals surface area contributed by atoms with E-state index in [0.717, 1.165) is 0 Å². The normalized spacial score (nSPS) is 13.2. The van der Waals surface area contributed by atoms with Crippen LogP contribution in [0, 0.1) is 10.1 Å². The van der Waals surface area contributed by atoms with Gasteiger partial charge in [0.25, 0.3) is 5.69 Å². The van der Waals surface area contributed by atoms with Crippen molar-refractivity contribution in [3.63, 3.8) is 0 Å². The number of thioether (sulfide) groups is 1. The molecule has 1 atom stereocenters. The van der Waals surface area contributed by atoms with Crippen molar-refractivity contribution in [3.05, 3.63) is 32.8 Å². The molecule has 0 aliphatic carbocycles. The zero-order chi connectivity index (χ0) is 15.3. The first-order chi connectivity index (χ1) is 9.27. The van der Waals surface area contributed by atoms with E-state index in [-0.39, 0.29) is 11.4 Å². The van der Waals surface area contributed by atoms with Crippen LogP contribution in [0.2, 0.25) is 0 Å². The number of nitrogens with zero attached hydrogens (tertiary/aromatic N) is 1. The Balaban J connectivity index is 2.97. The zero-order valence-corrected chi connectivity index (χ0v) is 14.2. The number of halogens is 1. The topological polar surface area (TPSA) is 89.3 Å². The van der Waals surface area contributed by atoms with Gasteiger partial charge < -0.3 is 0 Å². The molecule has 9 heteroatoms. The van der Waals surface area contributed by atoms with Gasteiger partial charge in [-0.3, -0.25) is 10.1 Å².